The summed E-state index contributed by atoms with van der Waals surface area (Å²) in [6.45, 7) is 25.9. The second-order valence-electron chi connectivity index (χ2n) is 24.4. The minimum Gasteiger partial charge on any atom is -0.295 e. The van der Waals surface area contributed by atoms with Crippen LogP contribution in [0.4, 0.5) is 0 Å². The predicted octanol–water partition coefficient (Wildman–Crippen LogP) is 14.9. The second-order valence-corrected chi connectivity index (χ2v) is 33.0. The van der Waals surface area contributed by atoms with Gasteiger partial charge in [0.2, 0.25) is 0 Å². The lowest BCUT2D eigenvalue weighted by molar-refractivity contribution is -0.117. The Labute approximate surface area is 491 Å². The predicted molar refractivity (Wildman–Crippen MR) is 333 cm³/mol. The van der Waals surface area contributed by atoms with Crippen LogP contribution in [0.2, 0.25) is 0 Å². The number of carbonyl (C=O) groups excluding carboxylic acids is 2. The standard InChI is InChI=1S/C68H84O10S4/c1-45-19-27-55(28-20-45)79(71,72)59(41-51(7)43-63(65-53(9)61(69)35-37-67(65,11)12)81(75,76)57-31-23-47(3)24-32-57)39-49(5)17-15-16-18-50(6)40-60(80(73,74)56-29-21-46(2)22-30-56)42-52(8)44-64(66-54(10)62(70)36-38-68(66,13)14)82(77,78)58-33-25-48(4)26-34-58/h15-34,41-42,59-60,63-64H,35-40,43-44H2,1-14H3/b16-15+,49-17+,50-18+,51-41+,52-42+. The molecular formula is C68H84O10S4. The third-order valence-corrected chi connectivity index (χ3v) is 24.7. The van der Waals surface area contributed by atoms with Crippen LogP contribution in [0.1, 0.15) is 143 Å². The third-order valence-electron chi connectivity index (χ3n) is 16.5. The smallest absolute Gasteiger partial charge is 0.185 e. The monoisotopic (exact) mass is 1190 g/mol. The van der Waals surface area contributed by atoms with Gasteiger partial charge in [-0.2, -0.15) is 0 Å². The Hall–Kier alpha value is -5.80. The molecular weight excluding hydrogens is 1110 g/mol. The molecule has 0 spiro atoms. The van der Waals surface area contributed by atoms with Crippen LogP contribution < -0.4 is 0 Å². The number of rotatable bonds is 22. The van der Waals surface area contributed by atoms with Gasteiger partial charge >= 0.3 is 0 Å². The molecule has 2 aliphatic rings. The van der Waals surface area contributed by atoms with Gasteiger partial charge in [-0.1, -0.05) is 157 Å². The molecule has 0 N–H and O–H groups in total. The summed E-state index contributed by atoms with van der Waals surface area (Å²) >= 11 is 0. The molecule has 0 aromatic heterocycles. The van der Waals surface area contributed by atoms with Crippen LogP contribution in [-0.4, -0.2) is 66.2 Å². The molecule has 0 amide bonds. The quantitative estimate of drug-likeness (QED) is 0.0545. The minimum atomic E-state index is -4.08. The fraction of sp³-hybridized carbons (Fsp3) is 0.412. The van der Waals surface area contributed by atoms with E-state index in [9.17, 15) is 43.3 Å². The largest absolute Gasteiger partial charge is 0.295 e. The number of allylic oxidation sites excluding steroid dienone is 10. The van der Waals surface area contributed by atoms with E-state index < -0.39 is 71.2 Å². The molecule has 4 aromatic carbocycles. The first kappa shape index (κ1) is 65.4. The van der Waals surface area contributed by atoms with E-state index in [2.05, 4.69) is 0 Å². The van der Waals surface area contributed by atoms with Crippen LogP contribution in [-0.2, 0) is 48.9 Å². The molecule has 82 heavy (non-hydrogen) atoms. The Kier molecular flexibility index (Phi) is 20.7. The van der Waals surface area contributed by atoms with Gasteiger partial charge in [-0.15, -0.1) is 0 Å². The summed E-state index contributed by atoms with van der Waals surface area (Å²) in [4.78, 5) is 27.1. The van der Waals surface area contributed by atoms with Gasteiger partial charge in [0.1, 0.15) is 0 Å². The van der Waals surface area contributed by atoms with Crippen molar-refractivity contribution < 1.29 is 43.3 Å². The normalized spacial score (nSPS) is 18.7. The molecule has 4 unspecified atom stereocenters. The molecule has 0 saturated heterocycles. The lowest BCUT2D eigenvalue weighted by Gasteiger charge is -2.38. The highest BCUT2D eigenvalue weighted by molar-refractivity contribution is 7.93. The van der Waals surface area contributed by atoms with Gasteiger partial charge in [-0.3, -0.25) is 9.59 Å². The van der Waals surface area contributed by atoms with Gasteiger partial charge in [-0.05, 0) is 189 Å². The molecule has 0 radical (unpaired) electrons. The Balaban J connectivity index is 1.35. The van der Waals surface area contributed by atoms with Crippen LogP contribution in [0, 0.1) is 38.5 Å². The number of benzene rings is 4. The van der Waals surface area contributed by atoms with Crippen molar-refractivity contribution in [2.75, 3.05) is 0 Å². The zero-order valence-electron chi connectivity index (χ0n) is 50.4. The fourth-order valence-corrected chi connectivity index (χ4v) is 19.4. The van der Waals surface area contributed by atoms with Crippen molar-refractivity contribution in [3.63, 3.8) is 0 Å². The number of hydrogen-bond acceptors (Lipinski definition) is 10. The summed E-state index contributed by atoms with van der Waals surface area (Å²) in [6, 6.07) is 26.6. The zero-order valence-corrected chi connectivity index (χ0v) is 53.6. The van der Waals surface area contributed by atoms with Crippen molar-refractivity contribution in [1.29, 1.82) is 0 Å². The molecule has 0 heterocycles. The molecule has 440 valence electrons. The molecule has 0 aliphatic heterocycles. The highest BCUT2D eigenvalue weighted by Gasteiger charge is 2.45. The van der Waals surface area contributed by atoms with Crippen molar-refractivity contribution >= 4 is 50.9 Å². The summed E-state index contributed by atoms with van der Waals surface area (Å²) in [7, 11) is -16.2. The van der Waals surface area contributed by atoms with Gasteiger partial charge < -0.3 is 0 Å². The van der Waals surface area contributed by atoms with Gasteiger partial charge in [0.25, 0.3) is 0 Å². The van der Waals surface area contributed by atoms with Crippen LogP contribution in [0.3, 0.4) is 0 Å². The lowest BCUT2D eigenvalue weighted by atomic mass is 9.70. The second kappa shape index (κ2) is 26.0. The van der Waals surface area contributed by atoms with E-state index in [-0.39, 0.29) is 56.8 Å². The van der Waals surface area contributed by atoms with Gasteiger partial charge in [0.05, 0.1) is 40.6 Å². The van der Waals surface area contributed by atoms with Gasteiger partial charge in [-0.25, -0.2) is 33.7 Å². The van der Waals surface area contributed by atoms with Crippen molar-refractivity contribution in [3.05, 3.63) is 200 Å². The summed E-state index contributed by atoms with van der Waals surface area (Å²) in [5, 5.41) is -4.46. The SMILES string of the molecule is CC1=C(C(C/C(C)=C/C(C/C(C)=C/C=C/C=C(\C)CC(/C=C(\C)CC(C2=C(C)C(=O)CCC2(C)C)S(=O)(=O)c2ccc(C)cc2)S(=O)(=O)c2ccc(C)cc2)S(=O)(=O)c2ccc(C)cc2)S(=O)(=O)c2ccc(C)cc2)C(C)(C)CCC1=O. The van der Waals surface area contributed by atoms with Crippen molar-refractivity contribution in [2.24, 2.45) is 10.8 Å². The zero-order chi connectivity index (χ0) is 60.9. The molecule has 6 rings (SSSR count). The van der Waals surface area contributed by atoms with E-state index in [1.165, 1.54) is 0 Å². The van der Waals surface area contributed by atoms with Crippen LogP contribution in [0.5, 0.6) is 0 Å². The maximum atomic E-state index is 14.8. The third kappa shape index (κ3) is 15.3. The topological polar surface area (TPSA) is 171 Å². The Morgan fingerprint density at radius 2 is 0.659 bits per heavy atom. The summed E-state index contributed by atoms with van der Waals surface area (Å²) in [5.74, 6) is -0.198. The average molecular weight is 1190 g/mol. The molecule has 4 aromatic rings. The number of ketones is 2. The highest BCUT2D eigenvalue weighted by atomic mass is 32.2. The van der Waals surface area contributed by atoms with Gasteiger partial charge in [0, 0.05) is 12.8 Å². The van der Waals surface area contributed by atoms with E-state index in [1.54, 1.807) is 161 Å². The Morgan fingerprint density at radius 1 is 0.402 bits per heavy atom. The van der Waals surface area contributed by atoms with E-state index in [4.69, 9.17) is 0 Å². The van der Waals surface area contributed by atoms with Crippen LogP contribution in [0.25, 0.3) is 0 Å². The number of Topliss-reactive ketones (excluding diaryl/α,β-unsaturated/α-hetero) is 2. The first-order chi connectivity index (χ1) is 38.1. The molecule has 10 nitrogen and oxygen atoms in total. The molecule has 4 atom stereocenters. The molecule has 0 saturated carbocycles. The molecule has 2 aliphatic carbocycles. The summed E-state index contributed by atoms with van der Waals surface area (Å²) < 4.78 is 118. The molecule has 0 fully saturated rings. The Bertz CT molecular complexity index is 3500. The number of aryl methyl sites for hydroxylation is 4. The van der Waals surface area contributed by atoms with E-state index in [0.717, 1.165) is 22.3 Å². The van der Waals surface area contributed by atoms with Gasteiger partial charge in [0.15, 0.2) is 50.9 Å². The van der Waals surface area contributed by atoms with Crippen molar-refractivity contribution in [1.82, 2.24) is 0 Å². The number of hydrogen-bond donors (Lipinski definition) is 0. The fourth-order valence-electron chi connectivity index (χ4n) is 11.6. The first-order valence-corrected chi connectivity index (χ1v) is 34.3. The maximum absolute atomic E-state index is 14.8. The lowest BCUT2D eigenvalue weighted by Crippen LogP contribution is -2.37. The maximum Gasteiger partial charge on any atom is 0.185 e. The molecule has 0 bridgehead atoms. The van der Waals surface area contributed by atoms with E-state index in [0.29, 0.717) is 70.3 Å². The van der Waals surface area contributed by atoms with E-state index >= 15 is 0 Å². The number of sulfone groups is 4. The minimum absolute atomic E-state index is 0.0361. The molecule has 14 heteroatoms. The van der Waals surface area contributed by atoms with Crippen molar-refractivity contribution in [3.8, 4) is 0 Å². The highest BCUT2D eigenvalue weighted by Crippen LogP contribution is 2.47. The summed E-state index contributed by atoms with van der Waals surface area (Å²) in [6.07, 6.45) is 12.1. The van der Waals surface area contributed by atoms with Crippen molar-refractivity contribution in [2.45, 2.75) is 189 Å². The average Bonchev–Trinajstić information content (AvgIpc) is 3.61. The van der Waals surface area contributed by atoms with Crippen LogP contribution in [0.15, 0.2) is 198 Å². The van der Waals surface area contributed by atoms with Crippen LogP contribution >= 0.6 is 0 Å². The summed E-state index contributed by atoms with van der Waals surface area (Å²) in [5.41, 5.74) is 6.77. The number of carbonyl (C=O) groups is 2. The Morgan fingerprint density at radius 3 is 0.927 bits per heavy atom. The first-order valence-electron chi connectivity index (χ1n) is 28.1. The van der Waals surface area contributed by atoms with E-state index in [1.807, 2.05) is 69.2 Å².